The van der Waals surface area contributed by atoms with E-state index in [0.29, 0.717) is 56.7 Å². The molecular formula is C37H47LiN2O6S. The number of piperidine rings is 1. The Labute approximate surface area is 296 Å². The van der Waals surface area contributed by atoms with Crippen molar-refractivity contribution in [2.45, 2.75) is 77.2 Å². The van der Waals surface area contributed by atoms with Crippen molar-refractivity contribution < 1.29 is 49.3 Å². The number of carboxylic acids is 1. The topological polar surface area (TPSA) is 105 Å². The van der Waals surface area contributed by atoms with Crippen molar-refractivity contribution >= 4 is 29.7 Å². The summed E-state index contributed by atoms with van der Waals surface area (Å²) in [5, 5.41) is 12.5. The third-order valence-corrected chi connectivity index (χ3v) is 8.86. The van der Waals surface area contributed by atoms with E-state index in [1.807, 2.05) is 88.5 Å². The maximum absolute atomic E-state index is 13.5. The molecule has 2 N–H and O–H groups in total. The van der Waals surface area contributed by atoms with E-state index in [9.17, 15) is 19.5 Å². The van der Waals surface area contributed by atoms with Gasteiger partial charge in [-0.15, -0.1) is 0 Å². The summed E-state index contributed by atoms with van der Waals surface area (Å²) in [4.78, 5) is 40.0. The molecule has 8 nitrogen and oxygen atoms in total. The van der Waals surface area contributed by atoms with Crippen molar-refractivity contribution in [1.82, 2.24) is 10.2 Å². The summed E-state index contributed by atoms with van der Waals surface area (Å²) in [6.45, 7) is 8.96. The van der Waals surface area contributed by atoms with E-state index in [4.69, 9.17) is 9.47 Å². The molecule has 1 fully saturated rings. The number of aliphatic carboxylic acids is 1. The minimum absolute atomic E-state index is 0. The molecule has 10 heteroatoms. The molecule has 0 saturated carbocycles. The van der Waals surface area contributed by atoms with E-state index in [2.05, 4.69) is 17.4 Å². The smallest absolute Gasteiger partial charge is 1.00 e. The van der Waals surface area contributed by atoms with Crippen LogP contribution in [0.5, 0.6) is 0 Å². The third kappa shape index (κ3) is 10.9. The average molecular weight is 655 g/mol. The summed E-state index contributed by atoms with van der Waals surface area (Å²) in [6.07, 6.45) is 3.94. The van der Waals surface area contributed by atoms with Crippen LogP contribution >= 0.6 is 11.8 Å². The van der Waals surface area contributed by atoms with E-state index in [1.54, 1.807) is 22.7 Å². The molecule has 0 bridgehead atoms. The molecule has 0 aliphatic carbocycles. The SMILES string of the molecule is CSCC[C@H](NC(=O)c1ccc(COC2(Cc3ccccc3)CCN(C(=O)OC(C)(C)C)CC2)cc1-c1ccccc1C)C(=O)O.[H-].[Li+]. The number of hydrogen-bond acceptors (Lipinski definition) is 6. The zero-order valence-corrected chi connectivity index (χ0v) is 29.3. The predicted molar refractivity (Wildman–Crippen MR) is 184 cm³/mol. The van der Waals surface area contributed by atoms with Crippen LogP contribution in [-0.2, 0) is 27.3 Å². The number of amides is 2. The number of hydrogen-bond donors (Lipinski definition) is 2. The van der Waals surface area contributed by atoms with Gasteiger partial charge in [0.15, 0.2) is 0 Å². The van der Waals surface area contributed by atoms with Crippen LogP contribution in [0.1, 0.15) is 68.5 Å². The molecule has 3 aromatic carbocycles. The summed E-state index contributed by atoms with van der Waals surface area (Å²) in [6, 6.07) is 22.7. The number of thioether (sulfide) groups is 1. The first-order chi connectivity index (χ1) is 21.9. The largest absolute Gasteiger partial charge is 1.00 e. The molecule has 1 aliphatic heterocycles. The molecule has 3 aromatic rings. The van der Waals surface area contributed by atoms with Crippen molar-refractivity contribution in [2.24, 2.45) is 0 Å². The number of carbonyl (C=O) groups is 3. The van der Waals surface area contributed by atoms with Crippen LogP contribution in [0.15, 0.2) is 72.8 Å². The Hall–Kier alpha value is -3.22. The maximum atomic E-state index is 13.5. The van der Waals surface area contributed by atoms with Crippen molar-refractivity contribution in [1.29, 1.82) is 0 Å². The Morgan fingerprint density at radius 1 is 0.979 bits per heavy atom. The van der Waals surface area contributed by atoms with Crippen LogP contribution in [0.25, 0.3) is 11.1 Å². The average Bonchev–Trinajstić information content (AvgIpc) is 3.02. The number of benzene rings is 3. The Balaban J connectivity index is 0.00000400. The third-order valence-electron chi connectivity index (χ3n) is 8.22. The maximum Gasteiger partial charge on any atom is 1.00 e. The second kappa shape index (κ2) is 17.3. The van der Waals surface area contributed by atoms with E-state index in [-0.39, 0.29) is 26.4 Å². The number of nitrogens with one attached hydrogen (secondary N) is 1. The number of nitrogens with zero attached hydrogens (tertiary/aromatic N) is 1. The van der Waals surface area contributed by atoms with Gasteiger partial charge in [-0.3, -0.25) is 4.79 Å². The van der Waals surface area contributed by atoms with Gasteiger partial charge in [-0.05, 0) is 98.9 Å². The zero-order chi connectivity index (χ0) is 33.3. The fraction of sp³-hybridized carbons (Fsp3) is 0.432. The fourth-order valence-electron chi connectivity index (χ4n) is 5.71. The van der Waals surface area contributed by atoms with Gasteiger partial charge in [0.1, 0.15) is 11.6 Å². The molecule has 1 saturated heterocycles. The van der Waals surface area contributed by atoms with Gasteiger partial charge in [-0.25, -0.2) is 9.59 Å². The Kier molecular flexibility index (Phi) is 14.0. The molecule has 4 rings (SSSR count). The Morgan fingerprint density at radius 2 is 1.64 bits per heavy atom. The minimum atomic E-state index is -1.05. The summed E-state index contributed by atoms with van der Waals surface area (Å²) in [7, 11) is 0. The van der Waals surface area contributed by atoms with E-state index < -0.39 is 29.1 Å². The van der Waals surface area contributed by atoms with Crippen LogP contribution in [0, 0.1) is 6.92 Å². The van der Waals surface area contributed by atoms with E-state index >= 15 is 0 Å². The van der Waals surface area contributed by atoms with Crippen LogP contribution < -0.4 is 24.2 Å². The van der Waals surface area contributed by atoms with Gasteiger partial charge in [0.05, 0.1) is 12.2 Å². The first-order valence-electron chi connectivity index (χ1n) is 15.8. The summed E-state index contributed by atoms with van der Waals surface area (Å²) < 4.78 is 12.4. The number of aryl methyl sites for hydroxylation is 1. The second-order valence-corrected chi connectivity index (χ2v) is 13.9. The minimum Gasteiger partial charge on any atom is -1.00 e. The van der Waals surface area contributed by atoms with Gasteiger partial charge >= 0.3 is 30.9 Å². The number of carboxylic acid groups (broad SMARTS) is 1. The molecule has 0 radical (unpaired) electrons. The molecular weight excluding hydrogens is 607 g/mol. The van der Waals surface area contributed by atoms with Crippen molar-refractivity contribution in [3.8, 4) is 11.1 Å². The van der Waals surface area contributed by atoms with Gasteiger partial charge in [0.25, 0.3) is 5.91 Å². The predicted octanol–water partition coefficient (Wildman–Crippen LogP) is 4.24. The van der Waals surface area contributed by atoms with Crippen LogP contribution in [0.3, 0.4) is 0 Å². The number of rotatable bonds is 12. The first kappa shape index (κ1) is 38.2. The Morgan fingerprint density at radius 3 is 2.26 bits per heavy atom. The molecule has 1 aliphatic rings. The molecule has 0 spiro atoms. The van der Waals surface area contributed by atoms with Gasteiger partial charge < -0.3 is 26.2 Å². The summed E-state index contributed by atoms with van der Waals surface area (Å²) in [5.74, 6) is -0.848. The monoisotopic (exact) mass is 654 g/mol. The second-order valence-electron chi connectivity index (χ2n) is 12.9. The van der Waals surface area contributed by atoms with Gasteiger partial charge in [-0.2, -0.15) is 11.8 Å². The normalized spacial score (nSPS) is 14.9. The van der Waals surface area contributed by atoms with Gasteiger partial charge in [0.2, 0.25) is 0 Å². The van der Waals surface area contributed by atoms with Gasteiger partial charge in [0, 0.05) is 25.1 Å². The Bertz CT molecular complexity index is 1510. The molecule has 1 atom stereocenters. The molecule has 2 amide bonds. The van der Waals surface area contributed by atoms with Crippen molar-refractivity contribution in [2.75, 3.05) is 25.1 Å². The fourth-order valence-corrected chi connectivity index (χ4v) is 6.18. The van der Waals surface area contributed by atoms with Crippen molar-refractivity contribution in [3.63, 3.8) is 0 Å². The molecule has 248 valence electrons. The zero-order valence-electron chi connectivity index (χ0n) is 29.5. The van der Waals surface area contributed by atoms with E-state index in [1.165, 1.54) is 0 Å². The van der Waals surface area contributed by atoms with Crippen molar-refractivity contribution in [3.05, 3.63) is 95.1 Å². The summed E-state index contributed by atoms with van der Waals surface area (Å²) in [5.41, 5.74) is 4.04. The molecule has 0 unspecified atom stereocenters. The summed E-state index contributed by atoms with van der Waals surface area (Å²) >= 11 is 1.54. The van der Waals surface area contributed by atoms with Gasteiger partial charge in [-0.1, -0.05) is 60.7 Å². The number of ether oxygens (including phenoxy) is 2. The van der Waals surface area contributed by atoms with Crippen LogP contribution in [0.2, 0.25) is 0 Å². The quantitative estimate of drug-likeness (QED) is 0.282. The number of carbonyl (C=O) groups excluding carboxylic acids is 2. The van der Waals surface area contributed by atoms with Crippen LogP contribution in [-0.4, -0.2) is 70.3 Å². The van der Waals surface area contributed by atoms with E-state index in [0.717, 1.165) is 27.8 Å². The molecule has 47 heavy (non-hydrogen) atoms. The van der Waals surface area contributed by atoms with Crippen LogP contribution in [0.4, 0.5) is 4.79 Å². The number of likely N-dealkylation sites (tertiary alicyclic amines) is 1. The molecule has 1 heterocycles. The first-order valence-corrected chi connectivity index (χ1v) is 17.2. The standard InChI is InChI=1S/C37H46N2O6S.Li.H/c1-26-11-9-10-14-29(26)31-23-28(15-16-30(31)33(40)38-32(34(41)42)17-22-46-5)25-44-37(24-27-12-7-6-8-13-27)18-20-39(21-19-37)35(43)45-36(2,3)4;;/h6-16,23,32H,17-22,24-25H2,1-5H3,(H,38,40)(H,41,42);;/q;+1;-1/t32-;;/m0../s1. The molecule has 0 aromatic heterocycles.